The minimum Gasteiger partial charge on any atom is -0.355 e. The monoisotopic (exact) mass is 276 g/mol. The van der Waals surface area contributed by atoms with Crippen LogP contribution in [0, 0.1) is 5.41 Å². The van der Waals surface area contributed by atoms with Crippen LogP contribution in [0.1, 0.15) is 52.7 Å². The molecule has 1 aliphatic heterocycles. The van der Waals surface area contributed by atoms with Gasteiger partial charge < -0.3 is 10.2 Å². The predicted octanol–water partition coefficient (Wildman–Crippen LogP) is 2.99. The molecule has 0 amide bonds. The average Bonchev–Trinajstić information content (AvgIpc) is 2.58. The zero-order chi connectivity index (χ0) is 14.6. The Morgan fingerprint density at radius 1 is 1.25 bits per heavy atom. The van der Waals surface area contributed by atoms with Gasteiger partial charge in [-0.3, -0.25) is 4.98 Å². The second-order valence-electron chi connectivity index (χ2n) is 6.91. The standard InChI is InChI=1S/C16H28N4/c1-13(2)18-11-14-10-17-12-15(19-14)20-8-5-6-16(3,4)7-9-20/h10,12-13,18H,5-9,11H2,1-4H3. The summed E-state index contributed by atoms with van der Waals surface area (Å²) in [5.41, 5.74) is 1.48. The number of hydrogen-bond donors (Lipinski definition) is 1. The topological polar surface area (TPSA) is 41.1 Å². The fourth-order valence-corrected chi connectivity index (χ4v) is 2.59. The first-order valence-electron chi connectivity index (χ1n) is 7.75. The molecule has 1 aromatic rings. The van der Waals surface area contributed by atoms with Gasteiger partial charge in [-0.15, -0.1) is 0 Å². The maximum atomic E-state index is 4.76. The van der Waals surface area contributed by atoms with Crippen LogP contribution in [0.3, 0.4) is 0 Å². The highest BCUT2D eigenvalue weighted by atomic mass is 15.2. The Morgan fingerprint density at radius 3 is 2.80 bits per heavy atom. The molecule has 0 bridgehead atoms. The third-order valence-electron chi connectivity index (χ3n) is 4.03. The summed E-state index contributed by atoms with van der Waals surface area (Å²) in [4.78, 5) is 11.5. The van der Waals surface area contributed by atoms with Crippen LogP contribution in [-0.4, -0.2) is 29.1 Å². The van der Waals surface area contributed by atoms with Crippen LogP contribution in [0.5, 0.6) is 0 Å². The maximum Gasteiger partial charge on any atom is 0.147 e. The van der Waals surface area contributed by atoms with Gasteiger partial charge in [0.15, 0.2) is 0 Å². The molecule has 2 heterocycles. The SMILES string of the molecule is CC(C)NCc1cncc(N2CCCC(C)(C)CC2)n1. The van der Waals surface area contributed by atoms with E-state index in [0.29, 0.717) is 11.5 Å². The fraction of sp³-hybridized carbons (Fsp3) is 0.750. The Hall–Kier alpha value is -1.16. The van der Waals surface area contributed by atoms with Gasteiger partial charge in [0.05, 0.1) is 11.9 Å². The van der Waals surface area contributed by atoms with Crippen molar-refractivity contribution in [2.24, 2.45) is 5.41 Å². The van der Waals surface area contributed by atoms with Crippen LogP contribution >= 0.6 is 0 Å². The molecule has 4 nitrogen and oxygen atoms in total. The zero-order valence-corrected chi connectivity index (χ0v) is 13.3. The number of rotatable bonds is 4. The first kappa shape index (κ1) is 15.2. The summed E-state index contributed by atoms with van der Waals surface area (Å²) in [7, 11) is 0. The lowest BCUT2D eigenvalue weighted by Gasteiger charge is -2.24. The lowest BCUT2D eigenvalue weighted by molar-refractivity contribution is 0.325. The van der Waals surface area contributed by atoms with E-state index < -0.39 is 0 Å². The largest absolute Gasteiger partial charge is 0.355 e. The number of hydrogen-bond acceptors (Lipinski definition) is 4. The van der Waals surface area contributed by atoms with E-state index in [4.69, 9.17) is 4.98 Å². The van der Waals surface area contributed by atoms with Crippen molar-refractivity contribution < 1.29 is 0 Å². The minimum absolute atomic E-state index is 0.457. The van der Waals surface area contributed by atoms with Crippen LogP contribution in [0.25, 0.3) is 0 Å². The van der Waals surface area contributed by atoms with E-state index in [1.807, 2.05) is 12.4 Å². The molecular formula is C16H28N4. The van der Waals surface area contributed by atoms with Crippen LogP contribution in [0.4, 0.5) is 5.82 Å². The molecule has 0 aromatic carbocycles. The highest BCUT2D eigenvalue weighted by Crippen LogP contribution is 2.30. The van der Waals surface area contributed by atoms with Crippen molar-refractivity contribution in [3.8, 4) is 0 Å². The van der Waals surface area contributed by atoms with E-state index in [1.165, 1.54) is 19.3 Å². The van der Waals surface area contributed by atoms with Gasteiger partial charge in [-0.05, 0) is 24.7 Å². The van der Waals surface area contributed by atoms with Crippen LogP contribution in [0.2, 0.25) is 0 Å². The lowest BCUT2D eigenvalue weighted by atomic mass is 9.85. The molecule has 0 spiro atoms. The summed E-state index contributed by atoms with van der Waals surface area (Å²) in [6.45, 7) is 12.0. The smallest absolute Gasteiger partial charge is 0.147 e. The number of nitrogens with zero attached hydrogens (tertiary/aromatic N) is 3. The first-order chi connectivity index (χ1) is 9.46. The molecule has 0 radical (unpaired) electrons. The Kier molecular flexibility index (Phi) is 4.97. The third-order valence-corrected chi connectivity index (χ3v) is 4.03. The Bertz CT molecular complexity index is 428. The van der Waals surface area contributed by atoms with Gasteiger partial charge in [-0.25, -0.2) is 4.98 Å². The Morgan fingerprint density at radius 2 is 2.05 bits per heavy atom. The summed E-state index contributed by atoms with van der Waals surface area (Å²) < 4.78 is 0. The normalized spacial score (nSPS) is 19.1. The van der Waals surface area contributed by atoms with Crippen molar-refractivity contribution in [3.63, 3.8) is 0 Å². The number of aromatic nitrogens is 2. The number of anilines is 1. The molecule has 4 heteroatoms. The van der Waals surface area contributed by atoms with Gasteiger partial charge in [0.1, 0.15) is 5.82 Å². The molecule has 0 saturated carbocycles. The summed E-state index contributed by atoms with van der Waals surface area (Å²) in [5.74, 6) is 1.03. The molecule has 0 atom stereocenters. The Labute approximate surface area is 123 Å². The van der Waals surface area contributed by atoms with Gasteiger partial charge in [-0.1, -0.05) is 27.7 Å². The summed E-state index contributed by atoms with van der Waals surface area (Å²) in [5, 5.41) is 3.40. The zero-order valence-electron chi connectivity index (χ0n) is 13.3. The third kappa shape index (κ3) is 4.44. The second kappa shape index (κ2) is 6.53. The van der Waals surface area contributed by atoms with E-state index in [9.17, 15) is 0 Å². The number of nitrogens with one attached hydrogen (secondary N) is 1. The molecule has 2 rings (SSSR count). The van der Waals surface area contributed by atoms with E-state index in [0.717, 1.165) is 31.1 Å². The van der Waals surface area contributed by atoms with Crippen molar-refractivity contribution in [2.45, 2.75) is 59.5 Å². The minimum atomic E-state index is 0.457. The van der Waals surface area contributed by atoms with Crippen molar-refractivity contribution in [3.05, 3.63) is 18.1 Å². The van der Waals surface area contributed by atoms with Crippen LogP contribution in [0.15, 0.2) is 12.4 Å². The van der Waals surface area contributed by atoms with Crippen molar-refractivity contribution >= 4 is 5.82 Å². The highest BCUT2D eigenvalue weighted by Gasteiger charge is 2.23. The quantitative estimate of drug-likeness (QED) is 0.918. The molecule has 1 N–H and O–H groups in total. The van der Waals surface area contributed by atoms with Crippen molar-refractivity contribution in [1.29, 1.82) is 0 Å². The second-order valence-corrected chi connectivity index (χ2v) is 6.91. The van der Waals surface area contributed by atoms with Crippen LogP contribution < -0.4 is 10.2 Å². The van der Waals surface area contributed by atoms with E-state index in [2.05, 4.69) is 42.9 Å². The molecule has 20 heavy (non-hydrogen) atoms. The van der Waals surface area contributed by atoms with Gasteiger partial charge >= 0.3 is 0 Å². The lowest BCUT2D eigenvalue weighted by Crippen LogP contribution is -2.27. The molecule has 0 aliphatic carbocycles. The average molecular weight is 276 g/mol. The van der Waals surface area contributed by atoms with E-state index in [-0.39, 0.29) is 0 Å². The Balaban J connectivity index is 2.03. The van der Waals surface area contributed by atoms with Gasteiger partial charge in [0, 0.05) is 31.9 Å². The van der Waals surface area contributed by atoms with Gasteiger partial charge in [0.25, 0.3) is 0 Å². The maximum absolute atomic E-state index is 4.76. The molecule has 1 fully saturated rings. The summed E-state index contributed by atoms with van der Waals surface area (Å²) >= 11 is 0. The van der Waals surface area contributed by atoms with Crippen molar-refractivity contribution in [2.75, 3.05) is 18.0 Å². The first-order valence-corrected chi connectivity index (χ1v) is 7.75. The van der Waals surface area contributed by atoms with Crippen LogP contribution in [-0.2, 0) is 6.54 Å². The molecule has 112 valence electrons. The van der Waals surface area contributed by atoms with Gasteiger partial charge in [-0.2, -0.15) is 0 Å². The van der Waals surface area contributed by atoms with Gasteiger partial charge in [0.2, 0.25) is 0 Å². The van der Waals surface area contributed by atoms with E-state index >= 15 is 0 Å². The molecule has 0 unspecified atom stereocenters. The summed E-state index contributed by atoms with van der Waals surface area (Å²) in [6, 6.07) is 0.472. The molecule has 1 aliphatic rings. The molecule has 1 aromatic heterocycles. The molecular weight excluding hydrogens is 248 g/mol. The van der Waals surface area contributed by atoms with Crippen molar-refractivity contribution in [1.82, 2.24) is 15.3 Å². The highest BCUT2D eigenvalue weighted by molar-refractivity contribution is 5.36. The summed E-state index contributed by atoms with van der Waals surface area (Å²) in [6.07, 6.45) is 7.52. The fourth-order valence-electron chi connectivity index (χ4n) is 2.59. The molecule has 1 saturated heterocycles. The predicted molar refractivity (Wildman–Crippen MR) is 83.9 cm³/mol. The van der Waals surface area contributed by atoms with E-state index in [1.54, 1.807) is 0 Å².